The van der Waals surface area contributed by atoms with Gasteiger partial charge in [-0.15, -0.1) is 0 Å². The van der Waals surface area contributed by atoms with Crippen LogP contribution in [0.15, 0.2) is 0 Å². The van der Waals surface area contributed by atoms with E-state index in [-0.39, 0.29) is 11.6 Å². The molecule has 1 atom stereocenters. The average Bonchev–Trinajstić information content (AvgIpc) is 2.70. The number of unbranched alkanes of at least 4 members (excludes halogenated alkanes) is 10. The van der Waals surface area contributed by atoms with E-state index in [0.29, 0.717) is 19.6 Å². The van der Waals surface area contributed by atoms with E-state index in [0.717, 1.165) is 51.4 Å². The van der Waals surface area contributed by atoms with E-state index in [1.807, 2.05) is 13.8 Å². The maximum Gasteiger partial charge on any atom is 0.333 e. The lowest BCUT2D eigenvalue weighted by atomic mass is 10.0. The zero-order chi connectivity index (χ0) is 21.8. The van der Waals surface area contributed by atoms with Crippen molar-refractivity contribution in [3.63, 3.8) is 0 Å². The van der Waals surface area contributed by atoms with Gasteiger partial charge in [0.2, 0.25) is 0 Å². The Balaban J connectivity index is 4.34. The molecular formula is C23H47O5P. The van der Waals surface area contributed by atoms with Crippen molar-refractivity contribution >= 4 is 13.6 Å². The summed E-state index contributed by atoms with van der Waals surface area (Å²) in [5.74, 6) is -0.130. The summed E-state index contributed by atoms with van der Waals surface area (Å²) in [4.78, 5) is 11.1. The lowest BCUT2D eigenvalue weighted by Gasteiger charge is -2.26. The van der Waals surface area contributed by atoms with E-state index in [4.69, 9.17) is 9.05 Å². The fourth-order valence-corrected chi connectivity index (χ4v) is 5.90. The van der Waals surface area contributed by atoms with Crippen LogP contribution in [0.1, 0.15) is 117 Å². The average molecular weight is 435 g/mol. The Morgan fingerprint density at radius 3 is 1.62 bits per heavy atom. The summed E-state index contributed by atoms with van der Waals surface area (Å²) in [6.45, 7) is 6.87. The molecule has 29 heavy (non-hydrogen) atoms. The molecular weight excluding hydrogens is 387 g/mol. The molecule has 0 saturated carbocycles. The highest BCUT2D eigenvalue weighted by Crippen LogP contribution is 2.56. The van der Waals surface area contributed by atoms with Crippen molar-refractivity contribution in [2.24, 2.45) is 0 Å². The lowest BCUT2D eigenvalue weighted by Crippen LogP contribution is -2.14. The van der Waals surface area contributed by atoms with Crippen LogP contribution in [0.5, 0.6) is 0 Å². The Kier molecular flexibility index (Phi) is 19.3. The van der Waals surface area contributed by atoms with Gasteiger partial charge in [-0.1, -0.05) is 77.6 Å². The quantitative estimate of drug-likeness (QED) is 0.105. The highest BCUT2D eigenvalue weighted by Gasteiger charge is 2.34. The molecule has 0 spiro atoms. The molecule has 0 saturated heterocycles. The second kappa shape index (κ2) is 19.6. The van der Waals surface area contributed by atoms with Gasteiger partial charge in [0.05, 0.1) is 26.0 Å². The second-order valence-corrected chi connectivity index (χ2v) is 10.1. The Hall–Kier alpha value is -0.380. The van der Waals surface area contributed by atoms with Crippen LogP contribution in [-0.2, 0) is 23.1 Å². The number of esters is 1. The molecule has 0 radical (unpaired) electrons. The predicted molar refractivity (Wildman–Crippen MR) is 122 cm³/mol. The maximum absolute atomic E-state index is 13.3. The van der Waals surface area contributed by atoms with Gasteiger partial charge in [0.1, 0.15) is 0 Å². The molecule has 0 fully saturated rings. The van der Waals surface area contributed by atoms with Crippen molar-refractivity contribution in [1.82, 2.24) is 0 Å². The Labute approximate surface area is 180 Å². The molecule has 0 aliphatic heterocycles. The van der Waals surface area contributed by atoms with Crippen LogP contribution in [0.4, 0.5) is 0 Å². The third kappa shape index (κ3) is 15.1. The van der Waals surface area contributed by atoms with Gasteiger partial charge in [-0.25, -0.2) is 0 Å². The third-order valence-corrected chi connectivity index (χ3v) is 8.00. The predicted octanol–water partition coefficient (Wildman–Crippen LogP) is 7.67. The maximum atomic E-state index is 13.3. The molecule has 0 N–H and O–H groups in total. The molecule has 0 bridgehead atoms. The molecule has 0 aliphatic rings. The number of ether oxygens (including phenoxy) is 1. The van der Waals surface area contributed by atoms with E-state index in [2.05, 4.69) is 11.7 Å². The van der Waals surface area contributed by atoms with Crippen LogP contribution >= 0.6 is 7.60 Å². The van der Waals surface area contributed by atoms with E-state index in [1.54, 1.807) is 0 Å². The summed E-state index contributed by atoms with van der Waals surface area (Å²) in [5.41, 5.74) is 0.00751. The summed E-state index contributed by atoms with van der Waals surface area (Å²) in [6.07, 6.45) is 16.2. The Morgan fingerprint density at radius 2 is 1.17 bits per heavy atom. The van der Waals surface area contributed by atoms with E-state index < -0.39 is 7.60 Å². The van der Waals surface area contributed by atoms with E-state index >= 15 is 0 Å². The molecule has 174 valence electrons. The second-order valence-electron chi connectivity index (χ2n) is 7.82. The summed E-state index contributed by atoms with van der Waals surface area (Å²) in [6, 6.07) is 0. The third-order valence-electron chi connectivity index (χ3n) is 5.35. The first-order valence-corrected chi connectivity index (χ1v) is 13.6. The molecule has 0 aromatic carbocycles. The summed E-state index contributed by atoms with van der Waals surface area (Å²) in [7, 11) is -1.60. The van der Waals surface area contributed by atoms with Gasteiger partial charge < -0.3 is 13.8 Å². The normalized spacial score (nSPS) is 12.8. The monoisotopic (exact) mass is 434 g/mol. The SMILES string of the molecule is CCCCCCCCCC(CCCCCCCC(=O)OC)P(=O)(OCC)OCC. The van der Waals surface area contributed by atoms with Crippen LogP contribution in [0.3, 0.4) is 0 Å². The van der Waals surface area contributed by atoms with Crippen molar-refractivity contribution in [3.05, 3.63) is 0 Å². The highest BCUT2D eigenvalue weighted by atomic mass is 31.2. The Morgan fingerprint density at radius 1 is 0.724 bits per heavy atom. The first-order chi connectivity index (χ1) is 14.0. The van der Waals surface area contributed by atoms with Gasteiger partial charge in [-0.2, -0.15) is 0 Å². The summed E-state index contributed by atoms with van der Waals surface area (Å²) < 4.78 is 29.3. The van der Waals surface area contributed by atoms with Crippen molar-refractivity contribution in [3.8, 4) is 0 Å². The molecule has 1 unspecified atom stereocenters. The molecule has 0 heterocycles. The fraction of sp³-hybridized carbons (Fsp3) is 0.957. The van der Waals surface area contributed by atoms with Gasteiger partial charge in [-0.05, 0) is 33.1 Å². The van der Waals surface area contributed by atoms with Crippen LogP contribution in [0.25, 0.3) is 0 Å². The molecule has 0 rings (SSSR count). The molecule has 0 aliphatic carbocycles. The topological polar surface area (TPSA) is 61.8 Å². The number of hydrogen-bond acceptors (Lipinski definition) is 5. The first-order valence-electron chi connectivity index (χ1n) is 12.0. The number of carbonyl (C=O) groups excluding carboxylic acids is 1. The molecule has 0 aromatic heterocycles. The van der Waals surface area contributed by atoms with Gasteiger partial charge >= 0.3 is 13.6 Å². The van der Waals surface area contributed by atoms with E-state index in [9.17, 15) is 9.36 Å². The summed E-state index contributed by atoms with van der Waals surface area (Å²) in [5, 5.41) is 0. The van der Waals surface area contributed by atoms with Crippen LogP contribution in [0.2, 0.25) is 0 Å². The minimum Gasteiger partial charge on any atom is -0.469 e. The molecule has 6 heteroatoms. The molecule has 0 aromatic rings. The minimum atomic E-state index is -3.04. The first kappa shape index (κ1) is 28.6. The number of methoxy groups -OCH3 is 1. The van der Waals surface area contributed by atoms with Crippen LogP contribution < -0.4 is 0 Å². The number of carbonyl (C=O) groups is 1. The van der Waals surface area contributed by atoms with Crippen molar-refractivity contribution in [2.75, 3.05) is 20.3 Å². The Bertz CT molecular complexity index is 417. The molecule has 5 nitrogen and oxygen atoms in total. The van der Waals surface area contributed by atoms with Crippen molar-refractivity contribution in [1.29, 1.82) is 0 Å². The van der Waals surface area contributed by atoms with Gasteiger partial charge in [0.15, 0.2) is 0 Å². The number of rotatable bonds is 21. The van der Waals surface area contributed by atoms with Crippen molar-refractivity contribution in [2.45, 2.75) is 123 Å². The van der Waals surface area contributed by atoms with Crippen LogP contribution in [0, 0.1) is 0 Å². The van der Waals surface area contributed by atoms with Gasteiger partial charge in [0.25, 0.3) is 0 Å². The fourth-order valence-electron chi connectivity index (χ4n) is 3.69. The van der Waals surface area contributed by atoms with Crippen LogP contribution in [-0.4, -0.2) is 32.0 Å². The highest BCUT2D eigenvalue weighted by molar-refractivity contribution is 7.54. The number of hydrogen-bond donors (Lipinski definition) is 0. The smallest absolute Gasteiger partial charge is 0.333 e. The summed E-state index contributed by atoms with van der Waals surface area (Å²) >= 11 is 0. The minimum absolute atomic E-state index is 0.00751. The van der Waals surface area contributed by atoms with Crippen molar-refractivity contribution < 1.29 is 23.1 Å². The zero-order valence-corrected chi connectivity index (χ0v) is 20.5. The van der Waals surface area contributed by atoms with Gasteiger partial charge in [-0.3, -0.25) is 9.36 Å². The zero-order valence-electron chi connectivity index (χ0n) is 19.6. The van der Waals surface area contributed by atoms with Gasteiger partial charge in [0, 0.05) is 6.42 Å². The lowest BCUT2D eigenvalue weighted by molar-refractivity contribution is -0.140. The standard InChI is InChI=1S/C23H47O5P/c1-5-8-9-10-11-13-16-19-22(29(25,27-6-2)28-7-3)20-17-14-12-15-18-21-23(24)26-4/h22H,5-21H2,1-4H3. The largest absolute Gasteiger partial charge is 0.469 e. The molecule has 0 amide bonds. The van der Waals surface area contributed by atoms with E-state index in [1.165, 1.54) is 45.6 Å².